The summed E-state index contributed by atoms with van der Waals surface area (Å²) in [5, 5.41) is 9.66. The summed E-state index contributed by atoms with van der Waals surface area (Å²) in [6.45, 7) is 3.74. The van der Waals surface area contributed by atoms with Gasteiger partial charge in [0.1, 0.15) is 0 Å². The lowest BCUT2D eigenvalue weighted by molar-refractivity contribution is -0.133. The van der Waals surface area contributed by atoms with Crippen LogP contribution in [0.5, 0.6) is 0 Å². The molecule has 0 spiro atoms. The van der Waals surface area contributed by atoms with E-state index in [4.69, 9.17) is 0 Å². The standard InChI is InChI=1S/C20H21NO4S/c1-3-16-13-18(20(22)23)19(15-7-5-4-6-8-15)21(16)26(24,25)17-11-9-14(2)10-12-17/h4-13,16,19H,3H2,1-2H3,(H,22,23)/t16-,19+/m0/s1. The summed E-state index contributed by atoms with van der Waals surface area (Å²) < 4.78 is 28.1. The number of hydrogen-bond donors (Lipinski definition) is 1. The Morgan fingerprint density at radius 1 is 1.08 bits per heavy atom. The Morgan fingerprint density at radius 2 is 1.69 bits per heavy atom. The Bertz CT molecular complexity index is 934. The van der Waals surface area contributed by atoms with Crippen LogP contribution in [0.4, 0.5) is 0 Å². The summed E-state index contributed by atoms with van der Waals surface area (Å²) in [5.74, 6) is -1.10. The van der Waals surface area contributed by atoms with Crippen molar-refractivity contribution in [3.63, 3.8) is 0 Å². The van der Waals surface area contributed by atoms with Crippen molar-refractivity contribution < 1.29 is 18.3 Å². The second kappa shape index (κ2) is 7.05. The number of carboxylic acids is 1. The van der Waals surface area contributed by atoms with E-state index in [1.807, 2.05) is 19.9 Å². The van der Waals surface area contributed by atoms with E-state index in [1.54, 1.807) is 54.6 Å². The maximum atomic E-state index is 13.4. The van der Waals surface area contributed by atoms with Crippen LogP contribution >= 0.6 is 0 Å². The molecule has 2 aromatic carbocycles. The van der Waals surface area contributed by atoms with Crippen molar-refractivity contribution in [1.29, 1.82) is 0 Å². The maximum absolute atomic E-state index is 13.4. The summed E-state index contributed by atoms with van der Waals surface area (Å²) in [6, 6.07) is 14.2. The number of aryl methyl sites for hydroxylation is 1. The van der Waals surface area contributed by atoms with Gasteiger partial charge in [-0.1, -0.05) is 61.0 Å². The molecule has 1 aliphatic heterocycles. The van der Waals surface area contributed by atoms with E-state index in [0.717, 1.165) is 5.56 Å². The molecule has 5 nitrogen and oxygen atoms in total. The number of benzene rings is 2. The van der Waals surface area contributed by atoms with E-state index in [-0.39, 0.29) is 10.5 Å². The third kappa shape index (κ3) is 3.18. The van der Waals surface area contributed by atoms with E-state index in [0.29, 0.717) is 12.0 Å². The van der Waals surface area contributed by atoms with Gasteiger partial charge in [0.05, 0.1) is 16.5 Å². The first-order chi connectivity index (χ1) is 12.4. The van der Waals surface area contributed by atoms with Crippen LogP contribution < -0.4 is 0 Å². The van der Waals surface area contributed by atoms with Crippen molar-refractivity contribution >= 4 is 16.0 Å². The first-order valence-corrected chi connectivity index (χ1v) is 9.90. The third-order valence-corrected chi connectivity index (χ3v) is 6.53. The number of sulfonamides is 1. The van der Waals surface area contributed by atoms with Crippen molar-refractivity contribution in [2.75, 3.05) is 0 Å². The Morgan fingerprint density at radius 3 is 2.23 bits per heavy atom. The highest BCUT2D eigenvalue weighted by Crippen LogP contribution is 2.41. The van der Waals surface area contributed by atoms with Crippen LogP contribution in [-0.4, -0.2) is 29.8 Å². The molecule has 0 amide bonds. The number of hydrogen-bond acceptors (Lipinski definition) is 3. The molecule has 2 atom stereocenters. The van der Waals surface area contributed by atoms with E-state index >= 15 is 0 Å². The molecule has 0 fully saturated rings. The molecule has 0 unspecified atom stereocenters. The van der Waals surface area contributed by atoms with Crippen LogP contribution in [0.2, 0.25) is 0 Å². The summed E-state index contributed by atoms with van der Waals surface area (Å²) >= 11 is 0. The highest BCUT2D eigenvalue weighted by molar-refractivity contribution is 7.89. The normalized spacial score (nSPS) is 20.8. The molecule has 0 radical (unpaired) electrons. The Hall–Kier alpha value is -2.44. The second-order valence-corrected chi connectivity index (χ2v) is 8.21. The molecule has 0 aromatic heterocycles. The van der Waals surface area contributed by atoms with Gasteiger partial charge in [-0.25, -0.2) is 13.2 Å². The molecule has 1 N–H and O–H groups in total. The Kier molecular flexibility index (Phi) is 4.98. The Labute approximate surface area is 153 Å². The lowest BCUT2D eigenvalue weighted by atomic mass is 10.0. The minimum absolute atomic E-state index is 0.0961. The smallest absolute Gasteiger partial charge is 0.333 e. The van der Waals surface area contributed by atoms with Crippen LogP contribution in [0.15, 0.2) is 71.1 Å². The lowest BCUT2D eigenvalue weighted by Gasteiger charge is -2.30. The molecule has 0 bridgehead atoms. The first kappa shape index (κ1) is 18.4. The van der Waals surface area contributed by atoms with Crippen LogP contribution in [0.3, 0.4) is 0 Å². The van der Waals surface area contributed by atoms with E-state index in [2.05, 4.69) is 0 Å². The highest BCUT2D eigenvalue weighted by Gasteiger charge is 2.45. The van der Waals surface area contributed by atoms with Gasteiger partial charge < -0.3 is 5.11 Å². The van der Waals surface area contributed by atoms with E-state index in [9.17, 15) is 18.3 Å². The average Bonchev–Trinajstić information content (AvgIpc) is 3.03. The highest BCUT2D eigenvalue weighted by atomic mass is 32.2. The summed E-state index contributed by atoms with van der Waals surface area (Å²) in [7, 11) is -3.86. The fourth-order valence-electron chi connectivity index (χ4n) is 3.30. The largest absolute Gasteiger partial charge is 0.478 e. The molecule has 136 valence electrons. The van der Waals surface area contributed by atoms with Gasteiger partial charge >= 0.3 is 5.97 Å². The van der Waals surface area contributed by atoms with Gasteiger partial charge in [0.25, 0.3) is 0 Å². The van der Waals surface area contributed by atoms with Gasteiger partial charge in [-0.15, -0.1) is 0 Å². The van der Waals surface area contributed by atoms with Gasteiger partial charge in [0, 0.05) is 6.04 Å². The fourth-order valence-corrected chi connectivity index (χ4v) is 5.10. The zero-order valence-corrected chi connectivity index (χ0v) is 15.5. The zero-order chi connectivity index (χ0) is 18.9. The molecule has 26 heavy (non-hydrogen) atoms. The maximum Gasteiger partial charge on any atom is 0.333 e. The molecule has 0 saturated heterocycles. The number of carboxylic acid groups (broad SMARTS) is 1. The van der Waals surface area contributed by atoms with E-state index in [1.165, 1.54) is 4.31 Å². The van der Waals surface area contributed by atoms with Crippen molar-refractivity contribution in [3.8, 4) is 0 Å². The average molecular weight is 371 g/mol. The Balaban J connectivity index is 2.16. The second-order valence-electron chi connectivity index (χ2n) is 6.36. The third-order valence-electron chi connectivity index (χ3n) is 4.62. The van der Waals surface area contributed by atoms with Crippen LogP contribution in [0.25, 0.3) is 0 Å². The van der Waals surface area contributed by atoms with Gasteiger partial charge in [-0.05, 0) is 31.0 Å². The first-order valence-electron chi connectivity index (χ1n) is 8.46. The zero-order valence-electron chi connectivity index (χ0n) is 14.7. The monoisotopic (exact) mass is 371 g/mol. The molecule has 2 aromatic rings. The number of nitrogens with zero attached hydrogens (tertiary/aromatic N) is 1. The van der Waals surface area contributed by atoms with Crippen molar-refractivity contribution in [3.05, 3.63) is 77.4 Å². The minimum atomic E-state index is -3.86. The number of carbonyl (C=O) groups is 1. The molecule has 3 rings (SSSR count). The number of aliphatic carboxylic acids is 1. The summed E-state index contributed by atoms with van der Waals surface area (Å²) in [4.78, 5) is 12.0. The van der Waals surface area contributed by atoms with Gasteiger partial charge in [-0.3, -0.25) is 0 Å². The van der Waals surface area contributed by atoms with Crippen LogP contribution in [0, 0.1) is 6.92 Å². The summed E-state index contributed by atoms with van der Waals surface area (Å²) in [5.41, 5.74) is 1.70. The molecule has 1 heterocycles. The quantitative estimate of drug-likeness (QED) is 0.872. The van der Waals surface area contributed by atoms with Crippen LogP contribution in [0.1, 0.15) is 30.5 Å². The summed E-state index contributed by atoms with van der Waals surface area (Å²) in [6.07, 6.45) is 2.05. The topological polar surface area (TPSA) is 74.7 Å². The molecular formula is C20H21NO4S. The minimum Gasteiger partial charge on any atom is -0.478 e. The molecule has 0 saturated carbocycles. The van der Waals surface area contributed by atoms with Crippen molar-refractivity contribution in [2.24, 2.45) is 0 Å². The predicted octanol–water partition coefficient (Wildman–Crippen LogP) is 3.53. The van der Waals surface area contributed by atoms with E-state index < -0.39 is 28.1 Å². The molecule has 0 aliphatic carbocycles. The molecule has 1 aliphatic rings. The number of rotatable bonds is 5. The van der Waals surface area contributed by atoms with Gasteiger partial charge in [0.2, 0.25) is 10.0 Å². The fraction of sp³-hybridized carbons (Fsp3) is 0.250. The van der Waals surface area contributed by atoms with Gasteiger partial charge in [-0.2, -0.15) is 4.31 Å². The predicted molar refractivity (Wildman–Crippen MR) is 99.2 cm³/mol. The molecular weight excluding hydrogens is 350 g/mol. The van der Waals surface area contributed by atoms with Crippen molar-refractivity contribution in [2.45, 2.75) is 37.2 Å². The van der Waals surface area contributed by atoms with Gasteiger partial charge in [0.15, 0.2) is 0 Å². The SMILES string of the molecule is CC[C@H]1C=C(C(=O)O)[C@@H](c2ccccc2)N1S(=O)(=O)c1ccc(C)cc1. The van der Waals surface area contributed by atoms with Crippen molar-refractivity contribution in [1.82, 2.24) is 4.31 Å². The van der Waals surface area contributed by atoms with Crippen LogP contribution in [-0.2, 0) is 14.8 Å². The molecule has 6 heteroatoms. The lowest BCUT2D eigenvalue weighted by Crippen LogP contribution is -2.38.